The van der Waals surface area contributed by atoms with Gasteiger partial charge in [0, 0.05) is 31.3 Å². The van der Waals surface area contributed by atoms with Gasteiger partial charge in [-0.05, 0) is 43.4 Å². The maximum absolute atomic E-state index is 11.8. The van der Waals surface area contributed by atoms with Crippen molar-refractivity contribution in [3.8, 4) is 0 Å². The summed E-state index contributed by atoms with van der Waals surface area (Å²) in [5, 5.41) is 6.43. The molecule has 0 spiro atoms. The fraction of sp³-hybridized carbons (Fsp3) is 0.562. The molecule has 0 bridgehead atoms. The first-order chi connectivity index (χ1) is 9.76. The molecule has 1 aliphatic heterocycles. The third kappa shape index (κ3) is 2.86. The quantitative estimate of drug-likeness (QED) is 0.858. The van der Waals surface area contributed by atoms with Crippen molar-refractivity contribution in [2.45, 2.75) is 44.9 Å². The van der Waals surface area contributed by atoms with E-state index in [1.54, 1.807) is 0 Å². The Labute approximate surface area is 119 Å². The maximum Gasteiger partial charge on any atom is 0.251 e. The lowest BCUT2D eigenvalue weighted by Gasteiger charge is -2.35. The Morgan fingerprint density at radius 2 is 2.25 bits per heavy atom. The van der Waals surface area contributed by atoms with Crippen LogP contribution in [0.1, 0.15) is 41.3 Å². The lowest BCUT2D eigenvalue weighted by atomic mass is 9.89. The number of carbonyl (C=O) groups is 1. The van der Waals surface area contributed by atoms with Gasteiger partial charge in [-0.25, -0.2) is 0 Å². The van der Waals surface area contributed by atoms with Crippen LogP contribution in [0.2, 0.25) is 0 Å². The summed E-state index contributed by atoms with van der Waals surface area (Å²) in [6.07, 6.45) is 3.57. The first-order valence-corrected chi connectivity index (χ1v) is 7.51. The molecule has 4 heteroatoms. The number of carbonyl (C=O) groups excluding carboxylic acids is 1. The molecule has 0 aromatic heterocycles. The zero-order chi connectivity index (χ0) is 13.9. The molecule has 1 fully saturated rings. The van der Waals surface area contributed by atoms with Gasteiger partial charge >= 0.3 is 0 Å². The van der Waals surface area contributed by atoms with E-state index in [2.05, 4.69) is 22.8 Å². The second kappa shape index (κ2) is 5.94. The number of fused-ring (bicyclic) bond motifs is 1. The summed E-state index contributed by atoms with van der Waals surface area (Å²) in [6.45, 7) is 4.42. The van der Waals surface area contributed by atoms with Crippen LogP contribution in [-0.2, 0) is 17.7 Å². The topological polar surface area (TPSA) is 50.4 Å². The van der Waals surface area contributed by atoms with E-state index < -0.39 is 0 Å². The van der Waals surface area contributed by atoms with Crippen LogP contribution < -0.4 is 10.6 Å². The summed E-state index contributed by atoms with van der Waals surface area (Å²) in [5.74, 6) is 0.0631. The summed E-state index contributed by atoms with van der Waals surface area (Å²) in [5.41, 5.74) is 3.19. The molecule has 20 heavy (non-hydrogen) atoms. The molecule has 2 N–H and O–H groups in total. The van der Waals surface area contributed by atoms with E-state index >= 15 is 0 Å². The predicted molar refractivity (Wildman–Crippen MR) is 77.8 cm³/mol. The number of rotatable bonds is 5. The molecule has 0 saturated heterocycles. The van der Waals surface area contributed by atoms with Crippen LogP contribution in [0.3, 0.4) is 0 Å². The number of hydrogen-bond donors (Lipinski definition) is 2. The van der Waals surface area contributed by atoms with Crippen LogP contribution in [0.15, 0.2) is 18.2 Å². The van der Waals surface area contributed by atoms with E-state index in [-0.39, 0.29) is 5.91 Å². The fourth-order valence-electron chi connectivity index (χ4n) is 2.94. The van der Waals surface area contributed by atoms with Crippen molar-refractivity contribution in [3.05, 3.63) is 34.9 Å². The Bertz CT molecular complexity index is 495. The van der Waals surface area contributed by atoms with E-state index in [1.807, 2.05) is 13.0 Å². The lowest BCUT2D eigenvalue weighted by molar-refractivity contribution is -0.0102. The SMILES string of the molecule is CCOC1CC(NCc2ccc3c(c2)C(=O)NCC3)C1. The molecular weight excluding hydrogens is 252 g/mol. The standard InChI is InChI=1S/C16H22N2O2/c1-2-20-14-8-13(9-14)18-10-11-3-4-12-5-6-17-16(19)15(12)7-11/h3-4,7,13-14,18H,2,5-6,8-10H2,1H3,(H,17,19). The Morgan fingerprint density at radius 1 is 1.40 bits per heavy atom. The molecule has 1 heterocycles. The van der Waals surface area contributed by atoms with Crippen molar-refractivity contribution in [1.29, 1.82) is 0 Å². The number of benzene rings is 1. The van der Waals surface area contributed by atoms with Crippen LogP contribution in [0, 0.1) is 0 Å². The zero-order valence-electron chi connectivity index (χ0n) is 11.9. The van der Waals surface area contributed by atoms with Gasteiger partial charge in [-0.1, -0.05) is 12.1 Å². The second-order valence-corrected chi connectivity index (χ2v) is 5.62. The van der Waals surface area contributed by atoms with Crippen LogP contribution in [0.4, 0.5) is 0 Å². The van der Waals surface area contributed by atoms with Gasteiger partial charge in [0.1, 0.15) is 0 Å². The number of amides is 1. The van der Waals surface area contributed by atoms with E-state index in [4.69, 9.17) is 4.74 Å². The number of hydrogen-bond acceptors (Lipinski definition) is 3. The van der Waals surface area contributed by atoms with Gasteiger partial charge in [0.2, 0.25) is 0 Å². The maximum atomic E-state index is 11.8. The molecule has 0 atom stereocenters. The van der Waals surface area contributed by atoms with E-state index in [0.29, 0.717) is 12.1 Å². The van der Waals surface area contributed by atoms with Gasteiger partial charge in [0.05, 0.1) is 6.10 Å². The van der Waals surface area contributed by atoms with Gasteiger partial charge < -0.3 is 15.4 Å². The van der Waals surface area contributed by atoms with E-state index in [1.165, 1.54) is 5.56 Å². The van der Waals surface area contributed by atoms with E-state index in [9.17, 15) is 4.79 Å². The lowest BCUT2D eigenvalue weighted by Crippen LogP contribution is -2.45. The normalized spacial score (nSPS) is 24.8. The highest BCUT2D eigenvalue weighted by atomic mass is 16.5. The third-order valence-corrected chi connectivity index (χ3v) is 4.19. The molecule has 1 aliphatic carbocycles. The highest BCUT2D eigenvalue weighted by Gasteiger charge is 2.28. The van der Waals surface area contributed by atoms with Crippen molar-refractivity contribution in [2.24, 2.45) is 0 Å². The number of ether oxygens (including phenoxy) is 1. The molecule has 1 aromatic rings. The average Bonchev–Trinajstić information content (AvgIpc) is 2.42. The van der Waals surface area contributed by atoms with Crippen molar-refractivity contribution in [1.82, 2.24) is 10.6 Å². The van der Waals surface area contributed by atoms with Gasteiger partial charge in [-0.15, -0.1) is 0 Å². The average molecular weight is 274 g/mol. The molecule has 1 amide bonds. The largest absolute Gasteiger partial charge is 0.378 e. The van der Waals surface area contributed by atoms with E-state index in [0.717, 1.165) is 50.1 Å². The zero-order valence-corrected chi connectivity index (χ0v) is 11.9. The van der Waals surface area contributed by atoms with Crippen molar-refractivity contribution >= 4 is 5.91 Å². The summed E-state index contributed by atoms with van der Waals surface area (Å²) >= 11 is 0. The van der Waals surface area contributed by atoms with Crippen molar-refractivity contribution in [3.63, 3.8) is 0 Å². The summed E-state index contributed by atoms with van der Waals surface area (Å²) in [4.78, 5) is 11.8. The van der Waals surface area contributed by atoms with Crippen molar-refractivity contribution < 1.29 is 9.53 Å². The summed E-state index contributed by atoms with van der Waals surface area (Å²) in [6, 6.07) is 6.80. The molecule has 4 nitrogen and oxygen atoms in total. The Balaban J connectivity index is 1.54. The Kier molecular flexibility index (Phi) is 4.03. The molecule has 1 saturated carbocycles. The third-order valence-electron chi connectivity index (χ3n) is 4.19. The smallest absolute Gasteiger partial charge is 0.251 e. The molecule has 1 aromatic carbocycles. The Morgan fingerprint density at radius 3 is 3.05 bits per heavy atom. The van der Waals surface area contributed by atoms with Gasteiger partial charge in [-0.2, -0.15) is 0 Å². The van der Waals surface area contributed by atoms with Crippen LogP contribution >= 0.6 is 0 Å². The van der Waals surface area contributed by atoms with Gasteiger partial charge in [0.25, 0.3) is 5.91 Å². The first-order valence-electron chi connectivity index (χ1n) is 7.51. The summed E-state index contributed by atoms with van der Waals surface area (Å²) in [7, 11) is 0. The monoisotopic (exact) mass is 274 g/mol. The minimum atomic E-state index is 0.0631. The molecule has 0 radical (unpaired) electrons. The van der Waals surface area contributed by atoms with Crippen molar-refractivity contribution in [2.75, 3.05) is 13.2 Å². The molecule has 108 valence electrons. The molecule has 3 rings (SSSR count). The highest BCUT2D eigenvalue weighted by molar-refractivity contribution is 5.96. The van der Waals surface area contributed by atoms with Gasteiger partial charge in [-0.3, -0.25) is 4.79 Å². The van der Waals surface area contributed by atoms with Crippen LogP contribution in [0.25, 0.3) is 0 Å². The second-order valence-electron chi connectivity index (χ2n) is 5.62. The molecule has 2 aliphatic rings. The molecular formula is C16H22N2O2. The van der Waals surface area contributed by atoms with Gasteiger partial charge in [0.15, 0.2) is 0 Å². The predicted octanol–water partition coefficient (Wildman–Crippen LogP) is 1.63. The highest BCUT2D eigenvalue weighted by Crippen LogP contribution is 2.24. The Hall–Kier alpha value is -1.39. The minimum absolute atomic E-state index is 0.0631. The van der Waals surface area contributed by atoms with Crippen LogP contribution in [0.5, 0.6) is 0 Å². The summed E-state index contributed by atoms with van der Waals surface area (Å²) < 4.78 is 5.56. The number of nitrogens with one attached hydrogen (secondary N) is 2. The fourth-order valence-corrected chi connectivity index (χ4v) is 2.94. The molecule has 0 unspecified atom stereocenters. The first kappa shape index (κ1) is 13.6. The minimum Gasteiger partial charge on any atom is -0.378 e. The van der Waals surface area contributed by atoms with Crippen LogP contribution in [-0.4, -0.2) is 31.2 Å².